The van der Waals surface area contributed by atoms with Crippen LogP contribution in [0.1, 0.15) is 10.4 Å². The van der Waals surface area contributed by atoms with Gasteiger partial charge in [0.25, 0.3) is 0 Å². The van der Waals surface area contributed by atoms with E-state index >= 15 is 0 Å². The van der Waals surface area contributed by atoms with Crippen molar-refractivity contribution in [1.82, 2.24) is 0 Å². The van der Waals surface area contributed by atoms with E-state index in [1.807, 2.05) is 36.4 Å². The summed E-state index contributed by atoms with van der Waals surface area (Å²) in [6, 6.07) is 15.3. The van der Waals surface area contributed by atoms with E-state index in [1.54, 1.807) is 26.4 Å². The van der Waals surface area contributed by atoms with Crippen molar-refractivity contribution in [3.8, 4) is 28.4 Å². The van der Waals surface area contributed by atoms with Crippen LogP contribution in [0.3, 0.4) is 0 Å². The van der Waals surface area contributed by atoms with Crippen molar-refractivity contribution >= 4 is 16.7 Å². The fourth-order valence-electron chi connectivity index (χ4n) is 2.99. The fraction of sp³-hybridized carbons (Fsp3) is 0.190. The number of esters is 1. The van der Waals surface area contributed by atoms with E-state index < -0.39 is 5.97 Å². The van der Waals surface area contributed by atoms with E-state index in [1.165, 1.54) is 14.2 Å². The van der Waals surface area contributed by atoms with E-state index in [4.69, 9.17) is 18.9 Å². The Labute approximate surface area is 152 Å². The van der Waals surface area contributed by atoms with Crippen LogP contribution in [-0.4, -0.2) is 34.4 Å². The highest BCUT2D eigenvalue weighted by Crippen LogP contribution is 2.37. The first-order valence-corrected chi connectivity index (χ1v) is 8.04. The van der Waals surface area contributed by atoms with Gasteiger partial charge in [-0.15, -0.1) is 0 Å². The zero-order chi connectivity index (χ0) is 18.7. The maximum Gasteiger partial charge on any atom is 0.341 e. The molecule has 0 N–H and O–H groups in total. The lowest BCUT2D eigenvalue weighted by Crippen LogP contribution is -2.04. The van der Waals surface area contributed by atoms with Gasteiger partial charge in [-0.2, -0.15) is 0 Å². The maximum absolute atomic E-state index is 12.0. The molecule has 0 saturated carbocycles. The number of ether oxygens (including phenoxy) is 4. The minimum absolute atomic E-state index is 0.389. The maximum atomic E-state index is 12.0. The topological polar surface area (TPSA) is 54.0 Å². The van der Waals surface area contributed by atoms with E-state index in [-0.39, 0.29) is 0 Å². The van der Waals surface area contributed by atoms with E-state index in [0.717, 1.165) is 21.9 Å². The smallest absolute Gasteiger partial charge is 0.341 e. The van der Waals surface area contributed by atoms with Gasteiger partial charge in [0.05, 0.1) is 28.4 Å². The summed E-state index contributed by atoms with van der Waals surface area (Å²) in [5, 5.41) is 1.97. The Kier molecular flexibility index (Phi) is 4.98. The molecule has 26 heavy (non-hydrogen) atoms. The third-order valence-corrected chi connectivity index (χ3v) is 4.30. The van der Waals surface area contributed by atoms with E-state index in [0.29, 0.717) is 22.8 Å². The molecule has 0 spiro atoms. The SMILES string of the molecule is COC(=O)c1cc(-c2ccc3c(OC)c(OC)ccc3c2)ccc1OC. The Balaban J connectivity index is 2.13. The fourth-order valence-corrected chi connectivity index (χ4v) is 2.99. The molecule has 5 heteroatoms. The number of methoxy groups -OCH3 is 4. The molecule has 0 aliphatic rings. The van der Waals surface area contributed by atoms with Crippen LogP contribution in [0.25, 0.3) is 21.9 Å². The summed E-state index contributed by atoms with van der Waals surface area (Å²) in [7, 11) is 6.11. The molecule has 134 valence electrons. The third kappa shape index (κ3) is 3.04. The molecule has 0 saturated heterocycles. The molecular weight excluding hydrogens is 332 g/mol. The molecule has 0 aliphatic heterocycles. The molecule has 0 aliphatic carbocycles. The van der Waals surface area contributed by atoms with Crippen molar-refractivity contribution in [2.24, 2.45) is 0 Å². The van der Waals surface area contributed by atoms with Gasteiger partial charge in [-0.1, -0.05) is 18.2 Å². The first-order valence-electron chi connectivity index (χ1n) is 8.04. The zero-order valence-corrected chi connectivity index (χ0v) is 15.2. The van der Waals surface area contributed by atoms with Crippen LogP contribution >= 0.6 is 0 Å². The summed E-state index contributed by atoms with van der Waals surface area (Å²) in [5.41, 5.74) is 2.25. The van der Waals surface area contributed by atoms with Crippen molar-refractivity contribution in [2.45, 2.75) is 0 Å². The number of hydrogen-bond donors (Lipinski definition) is 0. The second-order valence-corrected chi connectivity index (χ2v) is 5.64. The van der Waals surface area contributed by atoms with Gasteiger partial charge in [-0.25, -0.2) is 4.79 Å². The largest absolute Gasteiger partial charge is 0.496 e. The molecule has 0 heterocycles. The third-order valence-electron chi connectivity index (χ3n) is 4.30. The summed E-state index contributed by atoms with van der Waals surface area (Å²) < 4.78 is 20.9. The van der Waals surface area contributed by atoms with Gasteiger partial charge in [-0.3, -0.25) is 0 Å². The van der Waals surface area contributed by atoms with E-state index in [2.05, 4.69) is 0 Å². The predicted octanol–water partition coefficient (Wildman–Crippen LogP) is 4.32. The second-order valence-electron chi connectivity index (χ2n) is 5.64. The van der Waals surface area contributed by atoms with Crippen LogP contribution in [0.4, 0.5) is 0 Å². The van der Waals surface area contributed by atoms with Crippen LogP contribution in [0.5, 0.6) is 17.2 Å². The number of fused-ring (bicyclic) bond motifs is 1. The van der Waals surface area contributed by atoms with Crippen molar-refractivity contribution in [3.63, 3.8) is 0 Å². The highest BCUT2D eigenvalue weighted by molar-refractivity contribution is 5.96. The zero-order valence-electron chi connectivity index (χ0n) is 15.2. The summed E-state index contributed by atoms with van der Waals surface area (Å²) >= 11 is 0. The Hall–Kier alpha value is -3.21. The lowest BCUT2D eigenvalue weighted by molar-refractivity contribution is 0.0597. The standard InChI is InChI=1S/C21H20O5/c1-23-18-9-6-14(12-17(18)21(22)26-4)13-5-8-16-15(11-13)7-10-19(24-2)20(16)25-3/h5-12H,1-4H3. The average molecular weight is 352 g/mol. The van der Waals surface area contributed by atoms with Crippen molar-refractivity contribution in [3.05, 3.63) is 54.1 Å². The van der Waals surface area contributed by atoms with Crippen LogP contribution in [-0.2, 0) is 4.74 Å². The second kappa shape index (κ2) is 7.35. The molecule has 3 rings (SSSR count). The van der Waals surface area contributed by atoms with Gasteiger partial charge in [0.2, 0.25) is 0 Å². The lowest BCUT2D eigenvalue weighted by Gasteiger charge is -2.13. The normalized spacial score (nSPS) is 10.5. The van der Waals surface area contributed by atoms with Crippen LogP contribution in [0.15, 0.2) is 48.5 Å². The Morgan fingerprint density at radius 2 is 1.38 bits per heavy atom. The first kappa shape index (κ1) is 17.6. The molecular formula is C21H20O5. The molecule has 5 nitrogen and oxygen atoms in total. The molecule has 3 aromatic rings. The summed E-state index contributed by atoms with van der Waals surface area (Å²) in [6.07, 6.45) is 0. The quantitative estimate of drug-likeness (QED) is 0.640. The minimum Gasteiger partial charge on any atom is -0.496 e. The van der Waals surface area contributed by atoms with Gasteiger partial charge in [-0.05, 0) is 46.8 Å². The Bertz CT molecular complexity index is 962. The van der Waals surface area contributed by atoms with Crippen molar-refractivity contribution in [1.29, 1.82) is 0 Å². The number of carbonyl (C=O) groups excluding carboxylic acids is 1. The molecule has 3 aromatic carbocycles. The average Bonchev–Trinajstić information content (AvgIpc) is 2.71. The molecule has 0 bridgehead atoms. The summed E-state index contributed by atoms with van der Waals surface area (Å²) in [5.74, 6) is 1.43. The Morgan fingerprint density at radius 1 is 0.731 bits per heavy atom. The van der Waals surface area contributed by atoms with Crippen molar-refractivity contribution < 1.29 is 23.7 Å². The van der Waals surface area contributed by atoms with Crippen LogP contribution < -0.4 is 14.2 Å². The Morgan fingerprint density at radius 3 is 2.04 bits per heavy atom. The number of carbonyl (C=O) groups is 1. The molecule has 0 atom stereocenters. The molecule has 0 amide bonds. The van der Waals surface area contributed by atoms with Crippen molar-refractivity contribution in [2.75, 3.05) is 28.4 Å². The molecule has 0 fully saturated rings. The number of benzene rings is 3. The summed E-state index contributed by atoms with van der Waals surface area (Å²) in [6.45, 7) is 0. The van der Waals surface area contributed by atoms with Gasteiger partial charge in [0.15, 0.2) is 11.5 Å². The highest BCUT2D eigenvalue weighted by atomic mass is 16.5. The number of hydrogen-bond acceptors (Lipinski definition) is 5. The van der Waals surface area contributed by atoms with Crippen LogP contribution in [0.2, 0.25) is 0 Å². The highest BCUT2D eigenvalue weighted by Gasteiger charge is 2.15. The van der Waals surface area contributed by atoms with E-state index in [9.17, 15) is 4.79 Å². The van der Waals surface area contributed by atoms with Gasteiger partial charge >= 0.3 is 5.97 Å². The molecule has 0 radical (unpaired) electrons. The summed E-state index contributed by atoms with van der Waals surface area (Å²) in [4.78, 5) is 12.0. The first-order chi connectivity index (χ1) is 12.6. The van der Waals surface area contributed by atoms with Crippen LogP contribution in [0, 0.1) is 0 Å². The monoisotopic (exact) mass is 352 g/mol. The van der Waals surface area contributed by atoms with Gasteiger partial charge < -0.3 is 18.9 Å². The number of rotatable bonds is 5. The van der Waals surface area contributed by atoms with Gasteiger partial charge in [0, 0.05) is 5.39 Å². The lowest BCUT2D eigenvalue weighted by atomic mass is 9.98. The molecule has 0 unspecified atom stereocenters. The predicted molar refractivity (Wildman–Crippen MR) is 100 cm³/mol. The van der Waals surface area contributed by atoms with Gasteiger partial charge in [0.1, 0.15) is 11.3 Å². The minimum atomic E-state index is -0.434. The molecule has 0 aromatic heterocycles.